The lowest BCUT2D eigenvalue weighted by atomic mass is 10.1. The molecular weight excluding hydrogens is 264 g/mol. The molecule has 1 heterocycles. The van der Waals surface area contributed by atoms with E-state index in [9.17, 15) is 4.79 Å². The number of aryl methyl sites for hydroxylation is 1. The third-order valence-electron chi connectivity index (χ3n) is 3.21. The smallest absolute Gasteiger partial charge is 0.253 e. The molecule has 2 N–H and O–H groups in total. The van der Waals surface area contributed by atoms with Crippen molar-refractivity contribution in [2.45, 2.75) is 26.3 Å². The molecule has 0 aliphatic heterocycles. The van der Waals surface area contributed by atoms with Crippen molar-refractivity contribution in [3.63, 3.8) is 0 Å². The van der Waals surface area contributed by atoms with E-state index in [1.165, 1.54) is 0 Å². The van der Waals surface area contributed by atoms with Crippen molar-refractivity contribution in [3.05, 3.63) is 47.8 Å². The summed E-state index contributed by atoms with van der Waals surface area (Å²) < 4.78 is 1.82. The predicted octanol–water partition coefficient (Wildman–Crippen LogP) is 2.21. The fraction of sp³-hybridized carbons (Fsp3) is 0.375. The monoisotopic (exact) mass is 286 g/mol. The number of carbonyl (C=O) groups is 1. The molecule has 21 heavy (non-hydrogen) atoms. The molecule has 0 saturated carbocycles. The lowest BCUT2D eigenvalue weighted by Gasteiger charge is -2.14. The number of amides is 1. The maximum absolute atomic E-state index is 12.3. The average Bonchev–Trinajstić information content (AvgIpc) is 2.84. The van der Waals surface area contributed by atoms with Gasteiger partial charge >= 0.3 is 0 Å². The molecule has 0 atom stereocenters. The number of carbonyl (C=O) groups excluding carboxylic acids is 1. The second kappa shape index (κ2) is 6.92. The van der Waals surface area contributed by atoms with Crippen molar-refractivity contribution < 1.29 is 4.79 Å². The van der Waals surface area contributed by atoms with Crippen LogP contribution in [0.3, 0.4) is 0 Å². The first-order valence-corrected chi connectivity index (χ1v) is 7.18. The Balaban J connectivity index is 1.96. The number of hydrogen-bond acceptors (Lipinski definition) is 3. The number of para-hydroxylation sites is 1. The average molecular weight is 286 g/mol. The third kappa shape index (κ3) is 4.08. The Kier molecular flexibility index (Phi) is 4.98. The van der Waals surface area contributed by atoms with Crippen molar-refractivity contribution in [3.8, 4) is 0 Å². The van der Waals surface area contributed by atoms with Gasteiger partial charge in [0.15, 0.2) is 0 Å². The van der Waals surface area contributed by atoms with Gasteiger partial charge < -0.3 is 10.6 Å². The standard InChI is InChI=1S/C16H22N4O/c1-12(2)19-15-7-5-4-6-14(15)16(21)17-10-8-13-9-11-18-20(13)3/h4-7,9,11-12,19H,8,10H2,1-3H3,(H,17,21). The van der Waals surface area contributed by atoms with Crippen LogP contribution in [0.25, 0.3) is 0 Å². The number of nitrogens with one attached hydrogen (secondary N) is 2. The fourth-order valence-corrected chi connectivity index (χ4v) is 2.16. The van der Waals surface area contributed by atoms with Gasteiger partial charge in [-0.15, -0.1) is 0 Å². The number of rotatable bonds is 6. The molecule has 1 aromatic carbocycles. The van der Waals surface area contributed by atoms with E-state index in [0.29, 0.717) is 12.1 Å². The number of aromatic nitrogens is 2. The van der Waals surface area contributed by atoms with Crippen LogP contribution < -0.4 is 10.6 Å². The number of benzene rings is 1. The molecule has 2 rings (SSSR count). The molecule has 0 aliphatic rings. The maximum Gasteiger partial charge on any atom is 0.253 e. The van der Waals surface area contributed by atoms with Gasteiger partial charge in [0.05, 0.1) is 5.56 Å². The molecule has 2 aromatic rings. The lowest BCUT2D eigenvalue weighted by molar-refractivity contribution is 0.0954. The molecule has 5 heteroatoms. The summed E-state index contributed by atoms with van der Waals surface area (Å²) in [5.74, 6) is -0.0547. The Bertz CT molecular complexity index is 604. The van der Waals surface area contributed by atoms with E-state index in [1.54, 1.807) is 6.20 Å². The van der Waals surface area contributed by atoms with Gasteiger partial charge in [0, 0.05) is 43.6 Å². The first kappa shape index (κ1) is 15.1. The quantitative estimate of drug-likeness (QED) is 0.856. The van der Waals surface area contributed by atoms with Gasteiger partial charge in [-0.05, 0) is 32.0 Å². The van der Waals surface area contributed by atoms with Crippen LogP contribution in [0.1, 0.15) is 29.9 Å². The van der Waals surface area contributed by atoms with E-state index in [4.69, 9.17) is 0 Å². The highest BCUT2D eigenvalue weighted by molar-refractivity contribution is 5.99. The molecule has 1 amide bonds. The summed E-state index contributed by atoms with van der Waals surface area (Å²) in [6.07, 6.45) is 2.53. The first-order valence-electron chi connectivity index (χ1n) is 7.18. The van der Waals surface area contributed by atoms with Gasteiger partial charge in [-0.2, -0.15) is 5.10 Å². The number of nitrogens with zero attached hydrogens (tertiary/aromatic N) is 2. The van der Waals surface area contributed by atoms with E-state index in [0.717, 1.165) is 17.8 Å². The normalized spacial score (nSPS) is 10.7. The molecule has 0 spiro atoms. The van der Waals surface area contributed by atoms with E-state index in [1.807, 2.05) is 42.1 Å². The molecule has 112 valence electrons. The summed E-state index contributed by atoms with van der Waals surface area (Å²) in [6.45, 7) is 4.70. The van der Waals surface area contributed by atoms with Crippen LogP contribution in [0, 0.1) is 0 Å². The van der Waals surface area contributed by atoms with Crippen LogP contribution in [0.5, 0.6) is 0 Å². The molecule has 1 aromatic heterocycles. The van der Waals surface area contributed by atoms with Gasteiger partial charge in [0.25, 0.3) is 5.91 Å². The van der Waals surface area contributed by atoms with Gasteiger partial charge in [0.1, 0.15) is 0 Å². The summed E-state index contributed by atoms with van der Waals surface area (Å²) in [5.41, 5.74) is 2.64. The van der Waals surface area contributed by atoms with Crippen LogP contribution in [0.2, 0.25) is 0 Å². The lowest BCUT2D eigenvalue weighted by Crippen LogP contribution is -2.27. The summed E-state index contributed by atoms with van der Waals surface area (Å²) >= 11 is 0. The van der Waals surface area contributed by atoms with Gasteiger partial charge in [-0.3, -0.25) is 9.48 Å². The van der Waals surface area contributed by atoms with Gasteiger partial charge in [-0.25, -0.2) is 0 Å². The molecule has 0 radical (unpaired) electrons. The van der Waals surface area contributed by atoms with E-state index < -0.39 is 0 Å². The van der Waals surface area contributed by atoms with Crippen LogP contribution in [-0.2, 0) is 13.5 Å². The number of anilines is 1. The zero-order chi connectivity index (χ0) is 15.2. The highest BCUT2D eigenvalue weighted by Gasteiger charge is 2.11. The van der Waals surface area contributed by atoms with Crippen LogP contribution in [0.15, 0.2) is 36.5 Å². The third-order valence-corrected chi connectivity index (χ3v) is 3.21. The van der Waals surface area contributed by atoms with Crippen molar-refractivity contribution in [1.29, 1.82) is 0 Å². The molecule has 0 bridgehead atoms. The molecule has 0 fully saturated rings. The largest absolute Gasteiger partial charge is 0.382 e. The van der Waals surface area contributed by atoms with Crippen LogP contribution >= 0.6 is 0 Å². The fourth-order valence-electron chi connectivity index (χ4n) is 2.16. The minimum atomic E-state index is -0.0547. The molecule has 5 nitrogen and oxygen atoms in total. The Morgan fingerprint density at radius 1 is 1.29 bits per heavy atom. The molecular formula is C16H22N4O. The van der Waals surface area contributed by atoms with Crippen molar-refractivity contribution in [2.24, 2.45) is 7.05 Å². The van der Waals surface area contributed by atoms with E-state index >= 15 is 0 Å². The zero-order valence-electron chi connectivity index (χ0n) is 12.8. The SMILES string of the molecule is CC(C)Nc1ccccc1C(=O)NCCc1ccnn1C. The second-order valence-corrected chi connectivity index (χ2v) is 5.30. The van der Waals surface area contributed by atoms with Crippen LogP contribution in [0.4, 0.5) is 5.69 Å². The highest BCUT2D eigenvalue weighted by Crippen LogP contribution is 2.15. The van der Waals surface area contributed by atoms with Crippen molar-refractivity contribution in [1.82, 2.24) is 15.1 Å². The Hall–Kier alpha value is -2.30. The summed E-state index contributed by atoms with van der Waals surface area (Å²) in [5, 5.41) is 10.4. The van der Waals surface area contributed by atoms with Crippen LogP contribution in [-0.4, -0.2) is 28.3 Å². The maximum atomic E-state index is 12.3. The Morgan fingerprint density at radius 2 is 2.05 bits per heavy atom. The predicted molar refractivity (Wildman–Crippen MR) is 84.4 cm³/mol. The number of hydrogen-bond donors (Lipinski definition) is 2. The molecule has 0 aliphatic carbocycles. The summed E-state index contributed by atoms with van der Waals surface area (Å²) in [6, 6.07) is 9.81. The zero-order valence-corrected chi connectivity index (χ0v) is 12.8. The van der Waals surface area contributed by atoms with Gasteiger partial charge in [-0.1, -0.05) is 12.1 Å². The molecule has 0 saturated heterocycles. The van der Waals surface area contributed by atoms with Gasteiger partial charge in [0.2, 0.25) is 0 Å². The van der Waals surface area contributed by atoms with Crippen molar-refractivity contribution in [2.75, 3.05) is 11.9 Å². The van der Waals surface area contributed by atoms with E-state index in [2.05, 4.69) is 29.6 Å². The Labute approximate surface area is 125 Å². The Morgan fingerprint density at radius 3 is 2.71 bits per heavy atom. The summed E-state index contributed by atoms with van der Waals surface area (Å²) in [7, 11) is 1.90. The topological polar surface area (TPSA) is 59.0 Å². The van der Waals surface area contributed by atoms with E-state index in [-0.39, 0.29) is 11.9 Å². The second-order valence-electron chi connectivity index (χ2n) is 5.30. The highest BCUT2D eigenvalue weighted by atomic mass is 16.1. The minimum absolute atomic E-state index is 0.0547. The minimum Gasteiger partial charge on any atom is -0.382 e. The summed E-state index contributed by atoms with van der Waals surface area (Å²) in [4.78, 5) is 12.3. The first-order chi connectivity index (χ1) is 10.1. The molecule has 0 unspecified atom stereocenters. The van der Waals surface area contributed by atoms with Crippen molar-refractivity contribution >= 4 is 11.6 Å².